The molecular weight excluding hydrogens is 250 g/mol. The van der Waals surface area contributed by atoms with Crippen LogP contribution in [0.3, 0.4) is 0 Å². The molecule has 1 rings (SSSR count). The largest absolute Gasteiger partial charge is 0.339 e. The Morgan fingerprint density at radius 1 is 1.30 bits per heavy atom. The summed E-state index contributed by atoms with van der Waals surface area (Å²) in [6, 6.07) is 3.95. The maximum Gasteiger partial charge on any atom is 0.223 e. The molecule has 0 aromatic carbocycles. The van der Waals surface area contributed by atoms with Crippen LogP contribution in [0.5, 0.6) is 0 Å². The Hall–Kier alpha value is -1.42. The lowest BCUT2D eigenvalue weighted by Gasteiger charge is -2.27. The van der Waals surface area contributed by atoms with Crippen molar-refractivity contribution in [2.24, 2.45) is 17.6 Å². The van der Waals surface area contributed by atoms with E-state index in [1.165, 1.54) is 0 Å². The molecule has 2 unspecified atom stereocenters. The highest BCUT2D eigenvalue weighted by atomic mass is 16.2. The summed E-state index contributed by atoms with van der Waals surface area (Å²) in [4.78, 5) is 18.2. The molecule has 1 amide bonds. The molecule has 1 aromatic rings. The maximum absolute atomic E-state index is 12.4. The van der Waals surface area contributed by atoms with E-state index >= 15 is 0 Å². The number of carbonyl (C=O) groups is 1. The first-order valence-corrected chi connectivity index (χ1v) is 7.31. The molecule has 2 atom stereocenters. The Morgan fingerprint density at radius 3 is 2.40 bits per heavy atom. The van der Waals surface area contributed by atoms with Gasteiger partial charge in [-0.25, -0.2) is 0 Å². The third kappa shape index (κ3) is 4.93. The van der Waals surface area contributed by atoms with Gasteiger partial charge in [0.1, 0.15) is 0 Å². The quantitative estimate of drug-likeness (QED) is 0.833. The molecular formula is C16H27N3O. The topological polar surface area (TPSA) is 59.2 Å². The lowest BCUT2D eigenvalue weighted by molar-refractivity contribution is -0.132. The third-order valence-electron chi connectivity index (χ3n) is 3.76. The van der Waals surface area contributed by atoms with E-state index in [0.29, 0.717) is 18.9 Å². The first-order chi connectivity index (χ1) is 9.45. The molecule has 2 N–H and O–H groups in total. The molecule has 1 aromatic heterocycles. The smallest absolute Gasteiger partial charge is 0.223 e. The number of nitrogens with zero attached hydrogens (tertiary/aromatic N) is 2. The zero-order valence-electron chi connectivity index (χ0n) is 13.0. The molecule has 4 nitrogen and oxygen atoms in total. The summed E-state index contributed by atoms with van der Waals surface area (Å²) in [7, 11) is 1.86. The van der Waals surface area contributed by atoms with Crippen LogP contribution in [-0.4, -0.2) is 29.4 Å². The summed E-state index contributed by atoms with van der Waals surface area (Å²) >= 11 is 0. The molecule has 0 aliphatic carbocycles. The Balaban J connectivity index is 2.62. The number of hydrogen-bond acceptors (Lipinski definition) is 3. The van der Waals surface area contributed by atoms with Crippen LogP contribution in [0.2, 0.25) is 0 Å². The van der Waals surface area contributed by atoms with E-state index in [4.69, 9.17) is 5.73 Å². The highest BCUT2D eigenvalue weighted by Gasteiger charge is 2.21. The van der Waals surface area contributed by atoms with Crippen LogP contribution in [0.15, 0.2) is 24.5 Å². The molecule has 0 aliphatic heterocycles. The molecule has 112 valence electrons. The fourth-order valence-corrected chi connectivity index (χ4v) is 2.40. The van der Waals surface area contributed by atoms with Crippen molar-refractivity contribution in [1.29, 1.82) is 0 Å². The second-order valence-corrected chi connectivity index (χ2v) is 5.90. The summed E-state index contributed by atoms with van der Waals surface area (Å²) in [6.07, 6.45) is 5.04. The van der Waals surface area contributed by atoms with E-state index in [0.717, 1.165) is 12.0 Å². The number of hydrogen-bond donors (Lipinski definition) is 1. The molecule has 20 heavy (non-hydrogen) atoms. The van der Waals surface area contributed by atoms with Gasteiger partial charge in [-0.05, 0) is 49.4 Å². The second-order valence-electron chi connectivity index (χ2n) is 5.90. The Morgan fingerprint density at radius 2 is 1.90 bits per heavy atom. The molecule has 0 aliphatic rings. The zero-order chi connectivity index (χ0) is 15.1. The van der Waals surface area contributed by atoms with Crippen LogP contribution in [-0.2, 0) is 4.79 Å². The highest BCUT2D eigenvalue weighted by molar-refractivity contribution is 5.76. The molecule has 0 saturated carbocycles. The number of aromatic nitrogens is 1. The zero-order valence-corrected chi connectivity index (χ0v) is 13.0. The Labute approximate surface area is 122 Å². The van der Waals surface area contributed by atoms with Gasteiger partial charge in [-0.2, -0.15) is 0 Å². The molecule has 0 bridgehead atoms. The predicted octanol–water partition coefficient (Wildman–Crippen LogP) is 2.61. The summed E-state index contributed by atoms with van der Waals surface area (Å²) in [5.74, 6) is 0.999. The van der Waals surface area contributed by atoms with Gasteiger partial charge in [-0.3, -0.25) is 9.78 Å². The average Bonchev–Trinajstić information content (AvgIpc) is 2.45. The van der Waals surface area contributed by atoms with Gasteiger partial charge in [-0.1, -0.05) is 13.8 Å². The van der Waals surface area contributed by atoms with Gasteiger partial charge in [0, 0.05) is 25.9 Å². The third-order valence-corrected chi connectivity index (χ3v) is 3.76. The monoisotopic (exact) mass is 277 g/mol. The SMILES string of the molecule is CC(C)CC(CN)CC(=O)N(C)C(C)c1ccncc1. The fraction of sp³-hybridized carbons (Fsp3) is 0.625. The van der Waals surface area contributed by atoms with E-state index < -0.39 is 0 Å². The van der Waals surface area contributed by atoms with Crippen molar-refractivity contribution in [2.45, 2.75) is 39.7 Å². The number of amides is 1. The van der Waals surface area contributed by atoms with E-state index in [1.807, 2.05) is 26.1 Å². The molecule has 1 heterocycles. The summed E-state index contributed by atoms with van der Waals surface area (Å²) in [6.45, 7) is 6.93. The lowest BCUT2D eigenvalue weighted by Crippen LogP contribution is -2.32. The van der Waals surface area contributed by atoms with Gasteiger partial charge in [0.2, 0.25) is 5.91 Å². The van der Waals surface area contributed by atoms with Gasteiger partial charge < -0.3 is 10.6 Å². The number of pyridine rings is 1. The highest BCUT2D eigenvalue weighted by Crippen LogP contribution is 2.21. The van der Waals surface area contributed by atoms with Gasteiger partial charge in [-0.15, -0.1) is 0 Å². The van der Waals surface area contributed by atoms with E-state index in [9.17, 15) is 4.79 Å². The van der Waals surface area contributed by atoms with Crippen LogP contribution in [0, 0.1) is 11.8 Å². The first kappa shape index (κ1) is 16.6. The van der Waals surface area contributed by atoms with Crippen molar-refractivity contribution in [3.8, 4) is 0 Å². The summed E-state index contributed by atoms with van der Waals surface area (Å²) < 4.78 is 0. The van der Waals surface area contributed by atoms with E-state index in [2.05, 4.69) is 18.8 Å². The number of nitrogens with two attached hydrogens (primary N) is 1. The molecule has 4 heteroatoms. The molecule has 0 saturated heterocycles. The van der Waals surface area contributed by atoms with E-state index in [1.54, 1.807) is 17.3 Å². The van der Waals surface area contributed by atoms with Crippen LogP contribution in [0.4, 0.5) is 0 Å². The second kappa shape index (κ2) is 8.00. The first-order valence-electron chi connectivity index (χ1n) is 7.31. The minimum atomic E-state index is 0.0583. The van der Waals surface area contributed by atoms with Crippen molar-refractivity contribution < 1.29 is 4.79 Å². The molecule has 0 radical (unpaired) electrons. The number of carbonyl (C=O) groups excluding carboxylic acids is 1. The summed E-state index contributed by atoms with van der Waals surface area (Å²) in [5.41, 5.74) is 6.88. The fourth-order valence-electron chi connectivity index (χ4n) is 2.40. The van der Waals surface area contributed by atoms with Crippen molar-refractivity contribution in [3.05, 3.63) is 30.1 Å². The Kier molecular flexibility index (Phi) is 6.65. The summed E-state index contributed by atoms with van der Waals surface area (Å²) in [5, 5.41) is 0. The van der Waals surface area contributed by atoms with Crippen LogP contribution in [0.25, 0.3) is 0 Å². The maximum atomic E-state index is 12.4. The van der Waals surface area contributed by atoms with Crippen molar-refractivity contribution in [1.82, 2.24) is 9.88 Å². The molecule has 0 spiro atoms. The standard InChI is InChI=1S/C16H27N3O/c1-12(2)9-14(11-17)10-16(20)19(4)13(3)15-5-7-18-8-6-15/h5-8,12-14H,9-11,17H2,1-4H3. The lowest BCUT2D eigenvalue weighted by atomic mass is 9.93. The normalized spacial score (nSPS) is 14.1. The van der Waals surface area contributed by atoms with Crippen molar-refractivity contribution >= 4 is 5.91 Å². The molecule has 0 fully saturated rings. The van der Waals surface area contributed by atoms with Crippen LogP contribution in [0.1, 0.15) is 45.2 Å². The van der Waals surface area contributed by atoms with Gasteiger partial charge in [0.05, 0.1) is 6.04 Å². The predicted molar refractivity (Wildman–Crippen MR) is 82.0 cm³/mol. The van der Waals surface area contributed by atoms with Gasteiger partial charge >= 0.3 is 0 Å². The minimum absolute atomic E-state index is 0.0583. The van der Waals surface area contributed by atoms with Crippen molar-refractivity contribution in [2.75, 3.05) is 13.6 Å². The average molecular weight is 277 g/mol. The van der Waals surface area contributed by atoms with E-state index in [-0.39, 0.29) is 17.9 Å². The Bertz CT molecular complexity index is 405. The van der Waals surface area contributed by atoms with Crippen molar-refractivity contribution in [3.63, 3.8) is 0 Å². The van der Waals surface area contributed by atoms with Gasteiger partial charge in [0.25, 0.3) is 0 Å². The van der Waals surface area contributed by atoms with Crippen LogP contribution >= 0.6 is 0 Å². The minimum Gasteiger partial charge on any atom is -0.339 e. The van der Waals surface area contributed by atoms with Gasteiger partial charge in [0.15, 0.2) is 0 Å². The number of rotatable bonds is 7. The van der Waals surface area contributed by atoms with Crippen LogP contribution < -0.4 is 5.73 Å².